The van der Waals surface area contributed by atoms with Crippen molar-refractivity contribution in [2.45, 2.75) is 27.2 Å². The second-order valence-electron chi connectivity index (χ2n) is 3.94. The van der Waals surface area contributed by atoms with Crippen LogP contribution in [0.25, 0.3) is 10.8 Å². The predicted molar refractivity (Wildman–Crippen MR) is 62.8 cm³/mol. The summed E-state index contributed by atoms with van der Waals surface area (Å²) in [5.74, 6) is 0. The summed E-state index contributed by atoms with van der Waals surface area (Å²) in [7, 11) is 0. The van der Waals surface area contributed by atoms with Crippen LogP contribution in [0, 0.1) is 13.8 Å². The number of benzene rings is 2. The average molecular weight is 184 g/mol. The summed E-state index contributed by atoms with van der Waals surface area (Å²) in [6, 6.07) is 11.1. The van der Waals surface area contributed by atoms with Gasteiger partial charge in [-0.1, -0.05) is 42.8 Å². The van der Waals surface area contributed by atoms with Crippen molar-refractivity contribution in [2.75, 3.05) is 0 Å². The van der Waals surface area contributed by atoms with E-state index in [-0.39, 0.29) is 0 Å². The summed E-state index contributed by atoms with van der Waals surface area (Å²) in [5, 5.41) is 2.78. The lowest BCUT2D eigenvalue weighted by molar-refractivity contribution is 1.13. The van der Waals surface area contributed by atoms with E-state index < -0.39 is 0 Å². The third kappa shape index (κ3) is 1.41. The standard InChI is InChI=1S/C14H16/c1-4-13-11(3)6-7-12-9-10(2)5-8-14(12)13/h5-9H,4H2,1-3H3. The summed E-state index contributed by atoms with van der Waals surface area (Å²) in [5.41, 5.74) is 4.23. The molecule has 0 aliphatic carbocycles. The van der Waals surface area contributed by atoms with Gasteiger partial charge in [0.2, 0.25) is 0 Å². The molecule has 0 atom stereocenters. The predicted octanol–water partition coefficient (Wildman–Crippen LogP) is 4.02. The molecule has 0 radical (unpaired) electrons. The molecule has 0 saturated heterocycles. The molecule has 72 valence electrons. The molecule has 0 spiro atoms. The van der Waals surface area contributed by atoms with Crippen molar-refractivity contribution in [2.24, 2.45) is 0 Å². The first-order chi connectivity index (χ1) is 6.72. The highest BCUT2D eigenvalue weighted by atomic mass is 14.1. The Morgan fingerprint density at radius 3 is 2.50 bits per heavy atom. The van der Waals surface area contributed by atoms with Crippen molar-refractivity contribution in [1.29, 1.82) is 0 Å². The number of fused-ring (bicyclic) bond motifs is 1. The minimum Gasteiger partial charge on any atom is -0.0613 e. The van der Waals surface area contributed by atoms with Crippen molar-refractivity contribution in [3.63, 3.8) is 0 Å². The lowest BCUT2D eigenvalue weighted by atomic mass is 9.97. The normalized spacial score (nSPS) is 10.8. The van der Waals surface area contributed by atoms with Gasteiger partial charge in [-0.2, -0.15) is 0 Å². The summed E-state index contributed by atoms with van der Waals surface area (Å²) in [4.78, 5) is 0. The van der Waals surface area contributed by atoms with Gasteiger partial charge >= 0.3 is 0 Å². The molecule has 0 aliphatic rings. The summed E-state index contributed by atoms with van der Waals surface area (Å²) in [6.45, 7) is 6.56. The van der Waals surface area contributed by atoms with Crippen LogP contribution in [0.15, 0.2) is 30.3 Å². The first-order valence-electron chi connectivity index (χ1n) is 5.21. The highest BCUT2D eigenvalue weighted by Crippen LogP contribution is 2.23. The van der Waals surface area contributed by atoms with E-state index >= 15 is 0 Å². The Kier molecular flexibility index (Phi) is 2.28. The molecule has 2 rings (SSSR count). The first kappa shape index (κ1) is 9.26. The average Bonchev–Trinajstić information content (AvgIpc) is 2.18. The monoisotopic (exact) mass is 184 g/mol. The first-order valence-corrected chi connectivity index (χ1v) is 5.21. The van der Waals surface area contributed by atoms with Crippen LogP contribution in [0.3, 0.4) is 0 Å². The van der Waals surface area contributed by atoms with Gasteiger partial charge in [0, 0.05) is 0 Å². The van der Waals surface area contributed by atoms with Crippen molar-refractivity contribution in [1.82, 2.24) is 0 Å². The van der Waals surface area contributed by atoms with Gasteiger partial charge in [-0.05, 0) is 42.2 Å². The minimum absolute atomic E-state index is 1.12. The molecule has 0 N–H and O–H groups in total. The fourth-order valence-corrected chi connectivity index (χ4v) is 2.09. The highest BCUT2D eigenvalue weighted by Gasteiger charge is 2.02. The quantitative estimate of drug-likeness (QED) is 0.628. The zero-order valence-corrected chi connectivity index (χ0v) is 9.09. The number of hydrogen-bond donors (Lipinski definition) is 0. The number of aryl methyl sites for hydroxylation is 3. The Bertz CT molecular complexity index is 467. The largest absolute Gasteiger partial charge is 0.0613 e. The molecule has 0 heteroatoms. The summed E-state index contributed by atoms with van der Waals surface area (Å²) >= 11 is 0. The Hall–Kier alpha value is -1.30. The second kappa shape index (κ2) is 3.45. The molecule has 0 amide bonds. The molecule has 2 aromatic carbocycles. The van der Waals surface area contributed by atoms with Crippen molar-refractivity contribution in [3.05, 3.63) is 47.0 Å². The van der Waals surface area contributed by atoms with E-state index in [4.69, 9.17) is 0 Å². The van der Waals surface area contributed by atoms with E-state index in [9.17, 15) is 0 Å². The molecule has 0 saturated carbocycles. The van der Waals surface area contributed by atoms with Gasteiger partial charge in [0.05, 0.1) is 0 Å². The van der Waals surface area contributed by atoms with Gasteiger partial charge in [-0.15, -0.1) is 0 Å². The van der Waals surface area contributed by atoms with E-state index in [1.165, 1.54) is 27.5 Å². The molecule has 0 unspecified atom stereocenters. The molecule has 0 nitrogen and oxygen atoms in total. The van der Waals surface area contributed by atoms with Gasteiger partial charge in [0.1, 0.15) is 0 Å². The van der Waals surface area contributed by atoms with E-state index in [1.54, 1.807) is 0 Å². The van der Waals surface area contributed by atoms with E-state index in [1.807, 2.05) is 0 Å². The summed E-state index contributed by atoms with van der Waals surface area (Å²) < 4.78 is 0. The molecule has 0 heterocycles. The Balaban J connectivity index is 2.82. The van der Waals surface area contributed by atoms with Gasteiger partial charge in [0.25, 0.3) is 0 Å². The topological polar surface area (TPSA) is 0 Å². The van der Waals surface area contributed by atoms with Gasteiger partial charge in [0.15, 0.2) is 0 Å². The lowest BCUT2D eigenvalue weighted by Gasteiger charge is -2.08. The fourth-order valence-electron chi connectivity index (χ4n) is 2.09. The minimum atomic E-state index is 1.12. The lowest BCUT2D eigenvalue weighted by Crippen LogP contribution is -1.89. The van der Waals surface area contributed by atoms with Crippen LogP contribution in [-0.4, -0.2) is 0 Å². The maximum Gasteiger partial charge on any atom is -0.0149 e. The zero-order chi connectivity index (χ0) is 10.1. The second-order valence-corrected chi connectivity index (χ2v) is 3.94. The zero-order valence-electron chi connectivity index (χ0n) is 9.09. The van der Waals surface area contributed by atoms with Crippen LogP contribution in [-0.2, 0) is 6.42 Å². The Morgan fingerprint density at radius 2 is 1.79 bits per heavy atom. The van der Waals surface area contributed by atoms with Crippen LogP contribution < -0.4 is 0 Å². The molecule has 0 aliphatic heterocycles. The maximum absolute atomic E-state index is 2.26. The Morgan fingerprint density at radius 1 is 1.00 bits per heavy atom. The van der Waals surface area contributed by atoms with Crippen molar-refractivity contribution < 1.29 is 0 Å². The smallest absolute Gasteiger partial charge is 0.0149 e. The van der Waals surface area contributed by atoms with Gasteiger partial charge in [-0.25, -0.2) is 0 Å². The van der Waals surface area contributed by atoms with Crippen molar-refractivity contribution >= 4 is 10.8 Å². The molecular weight excluding hydrogens is 168 g/mol. The molecule has 0 aromatic heterocycles. The molecule has 2 aromatic rings. The van der Waals surface area contributed by atoms with E-state index in [0.717, 1.165) is 6.42 Å². The van der Waals surface area contributed by atoms with E-state index in [2.05, 4.69) is 51.1 Å². The summed E-state index contributed by atoms with van der Waals surface area (Å²) in [6.07, 6.45) is 1.12. The Labute approximate surface area is 85.6 Å². The molecule has 0 fully saturated rings. The fraction of sp³-hybridized carbons (Fsp3) is 0.286. The molecular formula is C14H16. The third-order valence-corrected chi connectivity index (χ3v) is 2.87. The number of rotatable bonds is 1. The van der Waals surface area contributed by atoms with Gasteiger partial charge in [-0.3, -0.25) is 0 Å². The van der Waals surface area contributed by atoms with E-state index in [0.29, 0.717) is 0 Å². The van der Waals surface area contributed by atoms with Gasteiger partial charge < -0.3 is 0 Å². The van der Waals surface area contributed by atoms with Crippen LogP contribution in [0.2, 0.25) is 0 Å². The molecule has 0 bridgehead atoms. The van der Waals surface area contributed by atoms with Crippen LogP contribution in [0.4, 0.5) is 0 Å². The highest BCUT2D eigenvalue weighted by molar-refractivity contribution is 5.87. The van der Waals surface area contributed by atoms with Crippen molar-refractivity contribution in [3.8, 4) is 0 Å². The number of hydrogen-bond acceptors (Lipinski definition) is 0. The third-order valence-electron chi connectivity index (χ3n) is 2.87. The van der Waals surface area contributed by atoms with Crippen LogP contribution in [0.5, 0.6) is 0 Å². The maximum atomic E-state index is 2.26. The molecule has 14 heavy (non-hydrogen) atoms. The van der Waals surface area contributed by atoms with Crippen LogP contribution in [0.1, 0.15) is 23.6 Å². The SMILES string of the molecule is CCc1c(C)ccc2cc(C)ccc12. The van der Waals surface area contributed by atoms with Crippen LogP contribution >= 0.6 is 0 Å².